The fraction of sp³-hybridized carbons (Fsp3) is 0.278. The van der Waals surface area contributed by atoms with Gasteiger partial charge >= 0.3 is 11.9 Å². The highest BCUT2D eigenvalue weighted by Crippen LogP contribution is 2.20. The highest BCUT2D eigenvalue weighted by molar-refractivity contribution is 6.03. The van der Waals surface area contributed by atoms with E-state index in [1.165, 1.54) is 30.4 Å². The summed E-state index contributed by atoms with van der Waals surface area (Å²) in [6.45, 7) is 1.94. The molecule has 0 aromatic heterocycles. The first kappa shape index (κ1) is 19.8. The topological polar surface area (TPSA) is 116 Å². The average Bonchev–Trinajstić information content (AvgIpc) is 2.97. The molecule has 0 spiro atoms. The minimum Gasteiger partial charge on any atom is -0.489 e. The van der Waals surface area contributed by atoms with Crippen LogP contribution in [0.1, 0.15) is 40.5 Å². The van der Waals surface area contributed by atoms with Crippen LogP contribution in [0.3, 0.4) is 0 Å². The van der Waals surface area contributed by atoms with E-state index < -0.39 is 23.8 Å². The standard InChI is InChI=1S/C18H17NO8/c1-2-25-17(23)4-3-9-26-14-6-5-12(10-13(14)11-20)18(24)27-19-15(21)7-8-16(19)22/h3-6,10-11H,2,7-9H2,1H3/b4-3+. The highest BCUT2D eigenvalue weighted by atomic mass is 16.7. The number of benzene rings is 1. The normalized spacial score (nSPS) is 13.7. The van der Waals surface area contributed by atoms with Crippen molar-refractivity contribution in [1.29, 1.82) is 0 Å². The minimum atomic E-state index is -0.949. The van der Waals surface area contributed by atoms with Crippen molar-refractivity contribution >= 4 is 30.0 Å². The van der Waals surface area contributed by atoms with Gasteiger partial charge in [0, 0.05) is 18.9 Å². The second-order valence-corrected chi connectivity index (χ2v) is 5.30. The lowest BCUT2D eigenvalue weighted by Gasteiger charge is -2.13. The predicted octanol–water partition coefficient (Wildman–Crippen LogP) is 1.22. The largest absolute Gasteiger partial charge is 0.489 e. The smallest absolute Gasteiger partial charge is 0.363 e. The molecule has 9 nitrogen and oxygen atoms in total. The van der Waals surface area contributed by atoms with Gasteiger partial charge in [0.05, 0.1) is 17.7 Å². The van der Waals surface area contributed by atoms with Crippen molar-refractivity contribution in [3.05, 3.63) is 41.5 Å². The summed E-state index contributed by atoms with van der Waals surface area (Å²) in [6, 6.07) is 3.90. The van der Waals surface area contributed by atoms with Gasteiger partial charge in [0.2, 0.25) is 0 Å². The van der Waals surface area contributed by atoms with Crippen molar-refractivity contribution in [2.24, 2.45) is 0 Å². The van der Waals surface area contributed by atoms with Crippen LogP contribution in [0.4, 0.5) is 0 Å². The Balaban J connectivity index is 2.01. The van der Waals surface area contributed by atoms with Crippen LogP contribution in [-0.2, 0) is 24.0 Å². The first-order chi connectivity index (χ1) is 13.0. The zero-order valence-corrected chi connectivity index (χ0v) is 14.5. The van der Waals surface area contributed by atoms with Crippen LogP contribution in [0.15, 0.2) is 30.4 Å². The molecule has 1 aliphatic rings. The number of ether oxygens (including phenoxy) is 2. The van der Waals surface area contributed by atoms with E-state index in [0.717, 1.165) is 0 Å². The lowest BCUT2D eigenvalue weighted by molar-refractivity contribution is -0.172. The monoisotopic (exact) mass is 375 g/mol. The Morgan fingerprint density at radius 1 is 1.19 bits per heavy atom. The Labute approximate surface area is 154 Å². The molecule has 1 aromatic rings. The molecule has 0 unspecified atom stereocenters. The number of esters is 1. The zero-order valence-electron chi connectivity index (χ0n) is 14.5. The molecular weight excluding hydrogens is 358 g/mol. The number of rotatable bonds is 8. The Kier molecular flexibility index (Phi) is 6.81. The number of hydrogen-bond donors (Lipinski definition) is 0. The van der Waals surface area contributed by atoms with Gasteiger partial charge in [-0.25, -0.2) is 9.59 Å². The SMILES string of the molecule is CCOC(=O)/C=C/COc1ccc(C(=O)ON2C(=O)CCC2=O)cc1C=O. The quantitative estimate of drug-likeness (QED) is 0.288. The molecule has 27 heavy (non-hydrogen) atoms. The maximum absolute atomic E-state index is 12.1. The molecule has 2 amide bonds. The molecular formula is C18H17NO8. The summed E-state index contributed by atoms with van der Waals surface area (Å²) >= 11 is 0. The number of carbonyl (C=O) groups is 5. The van der Waals surface area contributed by atoms with Crippen LogP contribution >= 0.6 is 0 Å². The second-order valence-electron chi connectivity index (χ2n) is 5.30. The van der Waals surface area contributed by atoms with Crippen molar-refractivity contribution in [1.82, 2.24) is 5.06 Å². The number of aldehydes is 1. The molecule has 142 valence electrons. The van der Waals surface area contributed by atoms with Crippen LogP contribution in [0.2, 0.25) is 0 Å². The van der Waals surface area contributed by atoms with Gasteiger partial charge in [0.25, 0.3) is 11.8 Å². The zero-order chi connectivity index (χ0) is 19.8. The molecule has 1 aromatic carbocycles. The number of nitrogens with zero attached hydrogens (tertiary/aromatic N) is 1. The van der Waals surface area contributed by atoms with E-state index in [1.54, 1.807) is 6.92 Å². The summed E-state index contributed by atoms with van der Waals surface area (Å²) < 4.78 is 10.1. The van der Waals surface area contributed by atoms with Gasteiger partial charge in [-0.1, -0.05) is 0 Å². The van der Waals surface area contributed by atoms with Crippen LogP contribution in [0.25, 0.3) is 0 Å². The summed E-state index contributed by atoms with van der Waals surface area (Å²) in [4.78, 5) is 62.2. The van der Waals surface area contributed by atoms with Crippen molar-refractivity contribution in [2.45, 2.75) is 19.8 Å². The summed E-state index contributed by atoms with van der Waals surface area (Å²) in [7, 11) is 0. The highest BCUT2D eigenvalue weighted by Gasteiger charge is 2.33. The lowest BCUT2D eigenvalue weighted by Crippen LogP contribution is -2.32. The molecule has 1 saturated heterocycles. The number of imide groups is 1. The van der Waals surface area contributed by atoms with E-state index in [4.69, 9.17) is 14.3 Å². The van der Waals surface area contributed by atoms with Crippen molar-refractivity contribution in [3.8, 4) is 5.75 Å². The van der Waals surface area contributed by atoms with Gasteiger partial charge in [-0.3, -0.25) is 14.4 Å². The van der Waals surface area contributed by atoms with Gasteiger partial charge in [0.15, 0.2) is 6.29 Å². The van der Waals surface area contributed by atoms with Gasteiger partial charge in [0.1, 0.15) is 12.4 Å². The van der Waals surface area contributed by atoms with Crippen LogP contribution in [0.5, 0.6) is 5.75 Å². The molecule has 1 aliphatic heterocycles. The van der Waals surface area contributed by atoms with E-state index in [9.17, 15) is 24.0 Å². The first-order valence-corrected chi connectivity index (χ1v) is 8.09. The van der Waals surface area contributed by atoms with Gasteiger partial charge in [-0.05, 0) is 31.2 Å². The average molecular weight is 375 g/mol. The Morgan fingerprint density at radius 3 is 2.52 bits per heavy atom. The molecule has 1 fully saturated rings. The van der Waals surface area contributed by atoms with E-state index in [0.29, 0.717) is 11.3 Å². The Morgan fingerprint density at radius 2 is 1.89 bits per heavy atom. The summed E-state index contributed by atoms with van der Waals surface area (Å²) in [5, 5.41) is 0.424. The summed E-state index contributed by atoms with van der Waals surface area (Å²) in [5.41, 5.74) is 0.0343. The number of carbonyl (C=O) groups excluding carboxylic acids is 5. The van der Waals surface area contributed by atoms with E-state index in [1.807, 2.05) is 0 Å². The number of amides is 2. The molecule has 0 aliphatic carbocycles. The molecule has 0 atom stereocenters. The van der Waals surface area contributed by atoms with Crippen LogP contribution in [0, 0.1) is 0 Å². The molecule has 0 bridgehead atoms. The molecule has 0 N–H and O–H groups in total. The summed E-state index contributed by atoms with van der Waals surface area (Å²) in [6.07, 6.45) is 3.06. The Bertz CT molecular complexity index is 783. The van der Waals surface area contributed by atoms with Crippen molar-refractivity contribution in [3.63, 3.8) is 0 Å². The third-order valence-electron chi connectivity index (χ3n) is 3.43. The predicted molar refractivity (Wildman–Crippen MR) is 89.6 cm³/mol. The number of hydrogen-bond acceptors (Lipinski definition) is 8. The summed E-state index contributed by atoms with van der Waals surface area (Å²) in [5.74, 6) is -2.48. The van der Waals surface area contributed by atoms with Gasteiger partial charge in [-0.15, -0.1) is 5.06 Å². The minimum absolute atomic E-state index is 0.000227. The first-order valence-electron chi connectivity index (χ1n) is 8.09. The van der Waals surface area contributed by atoms with E-state index >= 15 is 0 Å². The van der Waals surface area contributed by atoms with Crippen LogP contribution in [-0.4, -0.2) is 48.3 Å². The van der Waals surface area contributed by atoms with Crippen LogP contribution < -0.4 is 4.74 Å². The second kappa shape index (κ2) is 9.27. The molecule has 9 heteroatoms. The molecule has 0 radical (unpaired) electrons. The third kappa shape index (κ3) is 5.24. The Hall–Kier alpha value is -3.49. The number of hydroxylamine groups is 2. The lowest BCUT2D eigenvalue weighted by atomic mass is 10.1. The van der Waals surface area contributed by atoms with Gasteiger partial charge in [-0.2, -0.15) is 0 Å². The van der Waals surface area contributed by atoms with Gasteiger partial charge < -0.3 is 14.3 Å². The van der Waals surface area contributed by atoms with E-state index in [2.05, 4.69) is 0 Å². The molecule has 0 saturated carbocycles. The molecule has 1 heterocycles. The maximum atomic E-state index is 12.1. The fourth-order valence-corrected chi connectivity index (χ4v) is 2.17. The van der Waals surface area contributed by atoms with Crippen molar-refractivity contribution < 1.29 is 38.3 Å². The van der Waals surface area contributed by atoms with Crippen molar-refractivity contribution in [2.75, 3.05) is 13.2 Å². The van der Waals surface area contributed by atoms with E-state index in [-0.39, 0.29) is 42.9 Å². The maximum Gasteiger partial charge on any atom is 0.363 e. The fourth-order valence-electron chi connectivity index (χ4n) is 2.17. The molecule has 2 rings (SSSR count). The third-order valence-corrected chi connectivity index (χ3v) is 3.43.